The molecule has 0 aliphatic carbocycles. The third kappa shape index (κ3) is 6.42. The van der Waals surface area contributed by atoms with Crippen LogP contribution in [0.2, 0.25) is 0 Å². The van der Waals surface area contributed by atoms with E-state index in [9.17, 15) is 4.79 Å². The molecule has 2 aromatic carbocycles. The highest BCUT2D eigenvalue weighted by Crippen LogP contribution is 2.16. The van der Waals surface area contributed by atoms with E-state index < -0.39 is 6.16 Å². The van der Waals surface area contributed by atoms with Crippen molar-refractivity contribution < 1.29 is 14.3 Å². The van der Waals surface area contributed by atoms with Crippen LogP contribution in [-0.2, 0) is 12.8 Å². The molecular weight excluding hydrogens is 530 g/mol. The van der Waals surface area contributed by atoms with Gasteiger partial charge in [-0.05, 0) is 43.2 Å². The SMILES string of the molecule is O=C(Oc1ccc(CC#CI)cc1)Oc1ccc(CC#CI)cc1. The first-order valence-electron chi connectivity index (χ1n) is 6.96. The van der Waals surface area contributed by atoms with Crippen molar-refractivity contribution >= 4 is 51.3 Å². The first-order chi connectivity index (χ1) is 11.7. The van der Waals surface area contributed by atoms with Gasteiger partial charge in [-0.25, -0.2) is 4.79 Å². The fraction of sp³-hybridized carbons (Fsp3) is 0.105. The Balaban J connectivity index is 1.89. The maximum Gasteiger partial charge on any atom is 0.519 e. The average molecular weight is 542 g/mol. The van der Waals surface area contributed by atoms with E-state index in [0.29, 0.717) is 24.3 Å². The normalized spacial score (nSPS) is 9.08. The number of rotatable bonds is 4. The van der Waals surface area contributed by atoms with E-state index in [-0.39, 0.29) is 0 Å². The molecule has 0 aliphatic rings. The van der Waals surface area contributed by atoms with Crippen LogP contribution in [0, 0.1) is 19.7 Å². The van der Waals surface area contributed by atoms with Gasteiger partial charge in [0.25, 0.3) is 0 Å². The van der Waals surface area contributed by atoms with Crippen LogP contribution in [0.4, 0.5) is 4.79 Å². The Labute approximate surface area is 168 Å². The van der Waals surface area contributed by atoms with Crippen molar-refractivity contribution in [1.82, 2.24) is 0 Å². The Kier molecular flexibility index (Phi) is 7.93. The van der Waals surface area contributed by atoms with Gasteiger partial charge in [0.15, 0.2) is 0 Å². The van der Waals surface area contributed by atoms with E-state index in [4.69, 9.17) is 9.47 Å². The molecule has 0 heterocycles. The topological polar surface area (TPSA) is 35.5 Å². The lowest BCUT2D eigenvalue weighted by Crippen LogP contribution is -2.13. The first kappa shape index (κ1) is 18.6. The number of carbonyl (C=O) groups is 1. The lowest BCUT2D eigenvalue weighted by molar-refractivity contribution is 0.152. The van der Waals surface area contributed by atoms with E-state index in [2.05, 4.69) is 19.7 Å². The summed E-state index contributed by atoms with van der Waals surface area (Å²) in [6.45, 7) is 0. The van der Waals surface area contributed by atoms with Crippen molar-refractivity contribution in [2.24, 2.45) is 0 Å². The van der Waals surface area contributed by atoms with Crippen LogP contribution < -0.4 is 9.47 Å². The van der Waals surface area contributed by atoms with Crippen molar-refractivity contribution in [3.05, 3.63) is 59.7 Å². The van der Waals surface area contributed by atoms with E-state index in [1.807, 2.05) is 69.4 Å². The molecule has 0 atom stereocenters. The number of benzene rings is 2. The monoisotopic (exact) mass is 542 g/mol. The summed E-state index contributed by atoms with van der Waals surface area (Å²) in [5.74, 6) is 6.80. The van der Waals surface area contributed by atoms with Gasteiger partial charge in [-0.15, -0.1) is 0 Å². The quantitative estimate of drug-likeness (QED) is 0.233. The maximum absolute atomic E-state index is 11.8. The number of hydrogen-bond acceptors (Lipinski definition) is 3. The second kappa shape index (κ2) is 10.2. The van der Waals surface area contributed by atoms with Crippen molar-refractivity contribution in [2.75, 3.05) is 0 Å². The summed E-state index contributed by atoms with van der Waals surface area (Å²) in [5, 5.41) is 0. The maximum atomic E-state index is 11.8. The van der Waals surface area contributed by atoms with Gasteiger partial charge >= 0.3 is 6.16 Å². The summed E-state index contributed by atoms with van der Waals surface area (Å²) in [6, 6.07) is 14.3. The lowest BCUT2D eigenvalue weighted by Gasteiger charge is -2.06. The molecule has 2 aromatic rings. The zero-order valence-electron chi connectivity index (χ0n) is 12.5. The van der Waals surface area contributed by atoms with Gasteiger partial charge < -0.3 is 9.47 Å². The van der Waals surface area contributed by atoms with Crippen molar-refractivity contribution in [2.45, 2.75) is 12.8 Å². The molecule has 0 spiro atoms. The minimum absolute atomic E-state index is 0.431. The molecule has 0 saturated carbocycles. The molecule has 0 radical (unpaired) electrons. The van der Waals surface area contributed by atoms with Crippen LogP contribution in [0.1, 0.15) is 11.1 Å². The second-order valence-electron chi connectivity index (χ2n) is 4.64. The standard InChI is InChI=1S/C19H12I2O3/c20-13-1-3-15-5-9-17(10-6-15)23-19(22)24-18-11-7-16(8-12-18)4-2-14-21/h5-12H,3-4H2. The highest BCUT2D eigenvalue weighted by atomic mass is 127. The Morgan fingerprint density at radius 3 is 1.46 bits per heavy atom. The number of carbonyl (C=O) groups excluding carboxylic acids is 1. The summed E-state index contributed by atoms with van der Waals surface area (Å²) >= 11 is 4.00. The zero-order chi connectivity index (χ0) is 17.2. The lowest BCUT2D eigenvalue weighted by atomic mass is 10.1. The molecule has 0 unspecified atom stereocenters. The predicted octanol–water partition coefficient (Wildman–Crippen LogP) is 5.14. The summed E-state index contributed by atoms with van der Waals surface area (Å²) in [4.78, 5) is 11.8. The molecule has 0 saturated heterocycles. The Bertz CT molecular complexity index is 735. The molecule has 5 heteroatoms. The number of hydrogen-bond donors (Lipinski definition) is 0. The van der Waals surface area contributed by atoms with Gasteiger partial charge in [0.1, 0.15) is 11.5 Å². The third-order valence-corrected chi connectivity index (χ3v) is 3.73. The molecule has 0 aliphatic heterocycles. The molecular formula is C19H12I2O3. The van der Waals surface area contributed by atoms with Gasteiger partial charge in [-0.3, -0.25) is 0 Å². The van der Waals surface area contributed by atoms with Gasteiger partial charge in [0.2, 0.25) is 0 Å². The van der Waals surface area contributed by atoms with E-state index in [1.54, 1.807) is 24.3 Å². The number of ether oxygens (including phenoxy) is 2. The molecule has 0 aromatic heterocycles. The Hall–Kier alpha value is -1.71. The number of halogens is 2. The van der Waals surface area contributed by atoms with Gasteiger partial charge in [-0.2, -0.15) is 0 Å². The van der Waals surface area contributed by atoms with Crippen LogP contribution in [-0.4, -0.2) is 6.16 Å². The summed E-state index contributed by atoms with van der Waals surface area (Å²) < 4.78 is 15.9. The Morgan fingerprint density at radius 1 is 0.750 bits per heavy atom. The molecule has 0 amide bonds. The van der Waals surface area contributed by atoms with E-state index >= 15 is 0 Å². The zero-order valence-corrected chi connectivity index (χ0v) is 16.8. The van der Waals surface area contributed by atoms with Crippen LogP contribution in [0.15, 0.2) is 48.5 Å². The smallest absolute Gasteiger partial charge is 0.395 e. The highest BCUT2D eigenvalue weighted by molar-refractivity contribution is 14.1. The summed E-state index contributed by atoms with van der Waals surface area (Å²) in [6.07, 6.45) is 0.568. The van der Waals surface area contributed by atoms with Gasteiger partial charge in [-0.1, -0.05) is 36.1 Å². The van der Waals surface area contributed by atoms with E-state index in [0.717, 1.165) is 11.1 Å². The molecule has 120 valence electrons. The molecule has 0 bridgehead atoms. The van der Waals surface area contributed by atoms with Crippen LogP contribution in [0.5, 0.6) is 11.5 Å². The Morgan fingerprint density at radius 2 is 1.12 bits per heavy atom. The van der Waals surface area contributed by atoms with Crippen molar-refractivity contribution in [3.8, 4) is 31.2 Å². The summed E-state index contributed by atoms with van der Waals surface area (Å²) in [7, 11) is 0. The summed E-state index contributed by atoms with van der Waals surface area (Å²) in [5.41, 5.74) is 2.12. The molecule has 3 nitrogen and oxygen atoms in total. The van der Waals surface area contributed by atoms with Crippen LogP contribution in [0.25, 0.3) is 0 Å². The highest BCUT2D eigenvalue weighted by Gasteiger charge is 2.08. The molecule has 0 fully saturated rings. The largest absolute Gasteiger partial charge is 0.519 e. The molecule has 2 rings (SSSR count). The average Bonchev–Trinajstić information content (AvgIpc) is 2.60. The first-order valence-corrected chi connectivity index (χ1v) is 9.11. The predicted molar refractivity (Wildman–Crippen MR) is 111 cm³/mol. The molecule has 0 N–H and O–H groups in total. The molecule has 24 heavy (non-hydrogen) atoms. The third-order valence-electron chi connectivity index (χ3n) is 2.97. The fourth-order valence-corrected chi connectivity index (χ4v) is 2.22. The van der Waals surface area contributed by atoms with Crippen molar-refractivity contribution in [1.29, 1.82) is 0 Å². The minimum Gasteiger partial charge on any atom is -0.395 e. The van der Waals surface area contributed by atoms with Crippen LogP contribution in [0.3, 0.4) is 0 Å². The van der Waals surface area contributed by atoms with Crippen LogP contribution >= 0.6 is 45.2 Å². The second-order valence-corrected chi connectivity index (χ2v) is 5.72. The van der Waals surface area contributed by atoms with E-state index in [1.165, 1.54) is 0 Å². The van der Waals surface area contributed by atoms with Crippen molar-refractivity contribution in [3.63, 3.8) is 0 Å². The minimum atomic E-state index is -0.769. The van der Waals surface area contributed by atoms with Gasteiger partial charge in [0.05, 0.1) is 0 Å². The fourth-order valence-electron chi connectivity index (χ4n) is 1.83. The van der Waals surface area contributed by atoms with Gasteiger partial charge in [0, 0.05) is 58.0 Å².